The molecule has 2 saturated carbocycles. The summed E-state index contributed by atoms with van der Waals surface area (Å²) in [5.41, 5.74) is 3.79. The molecule has 15 heteroatoms. The van der Waals surface area contributed by atoms with E-state index in [-0.39, 0.29) is 33.9 Å². The minimum Gasteiger partial charge on any atom is -0.363 e. The van der Waals surface area contributed by atoms with Crippen LogP contribution < -0.4 is 21.7 Å². The summed E-state index contributed by atoms with van der Waals surface area (Å²) in [6, 6.07) is -1.09. The molecule has 2 aliphatic carbocycles. The first-order valence-corrected chi connectivity index (χ1v) is 19.3. The van der Waals surface area contributed by atoms with Crippen molar-refractivity contribution in [3.63, 3.8) is 0 Å². The number of thiophene rings is 1. The molecular weight excluding hydrogens is 669 g/mol. The zero-order valence-electron chi connectivity index (χ0n) is 30.2. The highest BCUT2D eigenvalue weighted by molar-refractivity contribution is 7.91. The molecule has 2 heterocycles. The van der Waals surface area contributed by atoms with Gasteiger partial charge in [0.15, 0.2) is 0 Å². The zero-order chi connectivity index (χ0) is 36.9. The molecule has 5 amide bonds. The average molecular weight is 723 g/mol. The van der Waals surface area contributed by atoms with Gasteiger partial charge >= 0.3 is 6.03 Å². The molecule has 1 aromatic rings. The highest BCUT2D eigenvalue weighted by atomic mass is 32.2. The van der Waals surface area contributed by atoms with E-state index in [1.807, 2.05) is 55.4 Å². The number of rotatable bonds is 13. The third-order valence-corrected chi connectivity index (χ3v) is 14.0. The van der Waals surface area contributed by atoms with Crippen LogP contribution in [0.25, 0.3) is 0 Å². The summed E-state index contributed by atoms with van der Waals surface area (Å²) in [5, 5.41) is 10.2. The third-order valence-electron chi connectivity index (χ3n) is 10.8. The maximum atomic E-state index is 14.4. The van der Waals surface area contributed by atoms with Crippen molar-refractivity contribution in [2.75, 3.05) is 20.1 Å². The molecule has 49 heavy (non-hydrogen) atoms. The van der Waals surface area contributed by atoms with E-state index in [9.17, 15) is 32.4 Å². The van der Waals surface area contributed by atoms with Crippen molar-refractivity contribution in [2.24, 2.45) is 39.7 Å². The number of piperidine rings is 1. The van der Waals surface area contributed by atoms with Crippen molar-refractivity contribution in [2.45, 2.75) is 109 Å². The van der Waals surface area contributed by atoms with E-state index in [4.69, 9.17) is 5.73 Å². The summed E-state index contributed by atoms with van der Waals surface area (Å²) in [7, 11) is -2.31. The van der Waals surface area contributed by atoms with Crippen LogP contribution in [-0.4, -0.2) is 91.5 Å². The monoisotopic (exact) mass is 722 g/mol. The summed E-state index contributed by atoms with van der Waals surface area (Å²) >= 11 is 1.11. The summed E-state index contributed by atoms with van der Waals surface area (Å²) in [6.07, 6.45) is 3.15. The number of urea groups is 1. The normalized spacial score (nSPS) is 23.9. The minimum absolute atomic E-state index is 0.00978. The van der Waals surface area contributed by atoms with E-state index >= 15 is 0 Å². The van der Waals surface area contributed by atoms with E-state index in [1.165, 1.54) is 22.3 Å². The Morgan fingerprint density at radius 1 is 1.04 bits per heavy atom. The van der Waals surface area contributed by atoms with Crippen molar-refractivity contribution in [3.05, 3.63) is 17.5 Å². The molecule has 0 aromatic carbocycles. The van der Waals surface area contributed by atoms with Crippen molar-refractivity contribution in [1.29, 1.82) is 0 Å². The summed E-state index contributed by atoms with van der Waals surface area (Å²) in [6.45, 7) is 15.5. The van der Waals surface area contributed by atoms with Gasteiger partial charge in [-0.3, -0.25) is 19.2 Å². The average Bonchev–Trinajstić information content (AvgIpc) is 3.41. The Hall–Kier alpha value is -3.04. The van der Waals surface area contributed by atoms with Gasteiger partial charge in [-0.15, -0.1) is 11.3 Å². The zero-order valence-corrected chi connectivity index (χ0v) is 31.8. The number of carbonyl (C=O) groups is 5. The second-order valence-electron chi connectivity index (χ2n) is 16.8. The second kappa shape index (κ2) is 13.9. The van der Waals surface area contributed by atoms with Crippen LogP contribution in [0.3, 0.4) is 0 Å². The van der Waals surface area contributed by atoms with E-state index in [0.29, 0.717) is 13.0 Å². The van der Waals surface area contributed by atoms with Crippen LogP contribution in [0.5, 0.6) is 0 Å². The Balaban J connectivity index is 1.52. The lowest BCUT2D eigenvalue weighted by molar-refractivity contribution is -0.145. The standard InChI is InChI=1S/C34H54N6O7S2/c1-32(2,3)22(18-39(9)49(46,47)23-14-11-15-48-23)37-31(45)38-27(33(4,5)6)30(44)40-17-20-24(34(20,7)8)25(40)29(43)36-21(26(41)28(35)42)16-19-12-10-13-19/h11,14-15,19-22,24-25,27H,10,12-13,16-18H2,1-9H3,(H2,35,42)(H,36,43)(H2,37,38,45)/t20-,21?,22+,24-,25-,27+/m0/s1. The van der Waals surface area contributed by atoms with Crippen LogP contribution >= 0.6 is 11.3 Å². The topological polar surface area (TPSA) is 188 Å². The molecule has 1 aliphatic heterocycles. The highest BCUT2D eigenvalue weighted by Crippen LogP contribution is 2.65. The maximum absolute atomic E-state index is 14.4. The van der Waals surface area contributed by atoms with Gasteiger partial charge in [-0.25, -0.2) is 13.2 Å². The van der Waals surface area contributed by atoms with Crippen LogP contribution in [0.1, 0.15) is 81.1 Å². The van der Waals surface area contributed by atoms with Gasteiger partial charge in [-0.1, -0.05) is 80.7 Å². The summed E-state index contributed by atoms with van der Waals surface area (Å²) < 4.78 is 27.7. The van der Waals surface area contributed by atoms with Crippen molar-refractivity contribution in [3.8, 4) is 0 Å². The first-order valence-electron chi connectivity index (χ1n) is 17.0. The van der Waals surface area contributed by atoms with Gasteiger partial charge in [-0.05, 0) is 51.9 Å². The van der Waals surface area contributed by atoms with E-state index < -0.39 is 74.6 Å². The van der Waals surface area contributed by atoms with Gasteiger partial charge in [0, 0.05) is 26.2 Å². The predicted octanol–water partition coefficient (Wildman–Crippen LogP) is 2.71. The van der Waals surface area contributed by atoms with Crippen molar-refractivity contribution < 1.29 is 32.4 Å². The molecule has 1 unspecified atom stereocenters. The fraction of sp³-hybridized carbons (Fsp3) is 0.735. The molecule has 1 aromatic heterocycles. The molecule has 274 valence electrons. The number of hydrogen-bond acceptors (Lipinski definition) is 8. The number of nitrogens with zero attached hydrogens (tertiary/aromatic N) is 2. The van der Waals surface area contributed by atoms with Crippen LogP contribution in [0.15, 0.2) is 21.7 Å². The predicted molar refractivity (Wildman–Crippen MR) is 187 cm³/mol. The lowest BCUT2D eigenvalue weighted by Crippen LogP contribution is -2.62. The number of primary amides is 1. The molecule has 13 nitrogen and oxygen atoms in total. The van der Waals surface area contributed by atoms with Gasteiger partial charge in [0.05, 0.1) is 6.04 Å². The highest BCUT2D eigenvalue weighted by Gasteiger charge is 2.70. The van der Waals surface area contributed by atoms with E-state index in [2.05, 4.69) is 16.0 Å². The number of fused-ring (bicyclic) bond motifs is 1. The molecule has 0 bridgehead atoms. The number of amides is 5. The van der Waals surface area contributed by atoms with Gasteiger partial charge < -0.3 is 26.6 Å². The molecule has 6 atom stereocenters. The van der Waals surface area contributed by atoms with Crippen molar-refractivity contribution in [1.82, 2.24) is 25.2 Å². The Morgan fingerprint density at radius 3 is 2.16 bits per heavy atom. The maximum Gasteiger partial charge on any atom is 0.315 e. The number of ketones is 1. The second-order valence-corrected chi connectivity index (χ2v) is 20.0. The SMILES string of the molecule is CN(C[C@@H](NC(=O)N[C@H](C(=O)N1C[C@H]2[C@@H]([C@H]1C(=O)NC(CC1CCC1)C(=O)C(N)=O)C2(C)C)C(C)(C)C)C(C)(C)C)S(=O)(=O)c1cccs1. The first-order chi connectivity index (χ1) is 22.5. The molecular formula is C34H54N6O7S2. The molecule has 0 radical (unpaired) electrons. The number of nitrogens with two attached hydrogens (primary N) is 1. The Kier molecular flexibility index (Phi) is 11.0. The number of likely N-dealkylation sites (tertiary alicyclic amines) is 1. The van der Waals surface area contributed by atoms with Gasteiger partial charge in [0.1, 0.15) is 16.3 Å². The van der Waals surface area contributed by atoms with Gasteiger partial charge in [0.2, 0.25) is 17.6 Å². The van der Waals surface area contributed by atoms with Crippen LogP contribution in [0.4, 0.5) is 4.79 Å². The number of hydrogen-bond donors (Lipinski definition) is 4. The number of carbonyl (C=O) groups excluding carboxylic acids is 5. The molecule has 1 saturated heterocycles. The van der Waals surface area contributed by atoms with Gasteiger partial charge in [0.25, 0.3) is 15.9 Å². The number of sulfonamides is 1. The molecule has 5 N–H and O–H groups in total. The fourth-order valence-corrected chi connectivity index (χ4v) is 9.52. The van der Waals surface area contributed by atoms with E-state index in [1.54, 1.807) is 11.4 Å². The van der Waals surface area contributed by atoms with Crippen LogP contribution in [-0.2, 0) is 29.2 Å². The quantitative estimate of drug-likeness (QED) is 0.225. The molecule has 4 rings (SSSR count). The number of likely N-dealkylation sites (N-methyl/N-ethyl adjacent to an activating group) is 1. The minimum atomic E-state index is -3.77. The largest absolute Gasteiger partial charge is 0.363 e. The van der Waals surface area contributed by atoms with Gasteiger partial charge in [-0.2, -0.15) is 4.31 Å². The Labute approximate surface area is 294 Å². The Bertz CT molecular complexity index is 1540. The van der Waals surface area contributed by atoms with Crippen molar-refractivity contribution >= 4 is 50.9 Å². The van der Waals surface area contributed by atoms with Crippen LogP contribution in [0, 0.1) is 34.0 Å². The van der Waals surface area contributed by atoms with Crippen LogP contribution in [0.2, 0.25) is 0 Å². The first kappa shape index (κ1) is 38.8. The fourth-order valence-electron chi connectivity index (χ4n) is 7.14. The lowest BCUT2D eigenvalue weighted by Gasteiger charge is -2.39. The lowest BCUT2D eigenvalue weighted by atomic mass is 9.80. The smallest absolute Gasteiger partial charge is 0.315 e. The summed E-state index contributed by atoms with van der Waals surface area (Å²) in [4.78, 5) is 68.1. The number of nitrogens with one attached hydrogen (secondary N) is 3. The van der Waals surface area contributed by atoms with E-state index in [0.717, 1.165) is 30.6 Å². The molecule has 3 fully saturated rings. The number of Topliss-reactive ketones (excluding diaryl/α,β-unsaturated/α-hetero) is 1. The molecule has 0 spiro atoms. The summed E-state index contributed by atoms with van der Waals surface area (Å²) in [5.74, 6) is -2.82. The Morgan fingerprint density at radius 2 is 1.67 bits per heavy atom. The third kappa shape index (κ3) is 8.30. The molecule has 3 aliphatic rings.